The van der Waals surface area contributed by atoms with Crippen LogP contribution in [-0.4, -0.2) is 31.2 Å². The van der Waals surface area contributed by atoms with Crippen LogP contribution in [0.25, 0.3) is 10.9 Å². The highest BCUT2D eigenvalue weighted by Crippen LogP contribution is 2.24. The van der Waals surface area contributed by atoms with Crippen LogP contribution in [0.1, 0.15) is 18.9 Å². The fourth-order valence-electron chi connectivity index (χ4n) is 2.10. The number of aliphatic hydroxyl groups is 1. The smallest absolute Gasteiger partial charge is 0.241 e. The zero-order valence-electron chi connectivity index (χ0n) is 11.5. The minimum Gasteiger partial charge on any atom is -0.396 e. The van der Waals surface area contributed by atoms with Crippen LogP contribution in [0.4, 0.5) is 0 Å². The third-order valence-electron chi connectivity index (χ3n) is 3.14. The number of sulfonamides is 1. The molecule has 2 N–H and O–H groups in total. The van der Waals surface area contributed by atoms with E-state index in [1.807, 2.05) is 6.92 Å². The van der Waals surface area contributed by atoms with Gasteiger partial charge in [-0.1, -0.05) is 6.07 Å². The molecule has 0 saturated carbocycles. The van der Waals surface area contributed by atoms with E-state index in [-0.39, 0.29) is 17.5 Å². The molecule has 0 radical (unpaired) electrons. The highest BCUT2D eigenvalue weighted by molar-refractivity contribution is 7.89. The van der Waals surface area contributed by atoms with Crippen LogP contribution in [0.3, 0.4) is 0 Å². The molecule has 1 heterocycles. The van der Waals surface area contributed by atoms with Crippen molar-refractivity contribution in [3.8, 4) is 0 Å². The first-order chi connectivity index (χ1) is 9.45. The molecule has 108 valence electrons. The normalized spacial score (nSPS) is 13.6. The lowest BCUT2D eigenvalue weighted by Crippen LogP contribution is -2.33. The molecule has 1 unspecified atom stereocenters. The van der Waals surface area contributed by atoms with Crippen molar-refractivity contribution in [2.75, 3.05) is 6.61 Å². The van der Waals surface area contributed by atoms with E-state index in [2.05, 4.69) is 9.71 Å². The Balaban J connectivity index is 2.50. The van der Waals surface area contributed by atoms with E-state index >= 15 is 0 Å². The fraction of sp³-hybridized carbons (Fsp3) is 0.357. The van der Waals surface area contributed by atoms with Gasteiger partial charge in [0.15, 0.2) is 0 Å². The van der Waals surface area contributed by atoms with Crippen molar-refractivity contribution in [1.82, 2.24) is 9.71 Å². The number of fused-ring (bicyclic) bond motifs is 1. The maximum atomic E-state index is 12.4. The first-order valence-corrected chi connectivity index (χ1v) is 7.91. The van der Waals surface area contributed by atoms with Gasteiger partial charge in [0.2, 0.25) is 10.0 Å². The van der Waals surface area contributed by atoms with Crippen LogP contribution in [0.15, 0.2) is 35.4 Å². The molecule has 6 heteroatoms. The molecule has 0 aliphatic rings. The molecule has 2 aromatic rings. The van der Waals surface area contributed by atoms with Gasteiger partial charge in [0, 0.05) is 24.2 Å². The lowest BCUT2D eigenvalue weighted by Gasteiger charge is -2.14. The van der Waals surface area contributed by atoms with E-state index < -0.39 is 10.0 Å². The van der Waals surface area contributed by atoms with Gasteiger partial charge >= 0.3 is 0 Å². The van der Waals surface area contributed by atoms with Crippen LogP contribution in [0.2, 0.25) is 0 Å². The highest BCUT2D eigenvalue weighted by Gasteiger charge is 2.20. The van der Waals surface area contributed by atoms with Gasteiger partial charge in [-0.2, -0.15) is 0 Å². The van der Waals surface area contributed by atoms with E-state index in [0.29, 0.717) is 17.3 Å². The third kappa shape index (κ3) is 2.98. The zero-order valence-corrected chi connectivity index (χ0v) is 12.3. The summed E-state index contributed by atoms with van der Waals surface area (Å²) in [6, 6.07) is 6.49. The summed E-state index contributed by atoms with van der Waals surface area (Å²) in [4.78, 5) is 4.46. The zero-order chi connectivity index (χ0) is 14.8. The summed E-state index contributed by atoms with van der Waals surface area (Å²) in [5, 5.41) is 9.48. The topological polar surface area (TPSA) is 79.3 Å². The lowest BCUT2D eigenvalue weighted by atomic mass is 10.1. The van der Waals surface area contributed by atoms with Gasteiger partial charge in [-0.15, -0.1) is 0 Å². The van der Waals surface area contributed by atoms with Gasteiger partial charge in [-0.05, 0) is 44.0 Å². The number of nitrogens with zero attached hydrogens (tertiary/aromatic N) is 1. The van der Waals surface area contributed by atoms with Gasteiger partial charge in [-0.25, -0.2) is 13.1 Å². The average Bonchev–Trinajstić information content (AvgIpc) is 2.38. The van der Waals surface area contributed by atoms with Gasteiger partial charge in [0.25, 0.3) is 0 Å². The lowest BCUT2D eigenvalue weighted by molar-refractivity contribution is 0.275. The molecule has 0 aliphatic heterocycles. The van der Waals surface area contributed by atoms with E-state index in [1.165, 1.54) is 0 Å². The standard InChI is InChI=1S/C14H18N2O3S/c1-10-5-6-13(12-4-3-8-15-14(10)12)20(18,19)16-11(2)7-9-17/h3-6,8,11,16-17H,7,9H2,1-2H3. The molecular formula is C14H18N2O3S. The largest absolute Gasteiger partial charge is 0.396 e. The van der Waals surface area contributed by atoms with Crippen molar-refractivity contribution in [3.05, 3.63) is 36.0 Å². The van der Waals surface area contributed by atoms with Crippen molar-refractivity contribution >= 4 is 20.9 Å². The Morgan fingerprint density at radius 3 is 2.80 bits per heavy atom. The Kier molecular flexibility index (Phi) is 4.37. The van der Waals surface area contributed by atoms with E-state index in [4.69, 9.17) is 5.11 Å². The molecule has 1 aromatic carbocycles. The van der Waals surface area contributed by atoms with Crippen LogP contribution in [0.5, 0.6) is 0 Å². The van der Waals surface area contributed by atoms with Crippen LogP contribution < -0.4 is 4.72 Å². The molecule has 1 atom stereocenters. The second-order valence-electron chi connectivity index (χ2n) is 4.81. The number of rotatable bonds is 5. The van der Waals surface area contributed by atoms with Crippen molar-refractivity contribution in [1.29, 1.82) is 0 Å². The summed E-state index contributed by atoms with van der Waals surface area (Å²) in [6.45, 7) is 3.57. The van der Waals surface area contributed by atoms with E-state index in [1.54, 1.807) is 37.4 Å². The molecule has 0 amide bonds. The van der Waals surface area contributed by atoms with Crippen LogP contribution >= 0.6 is 0 Å². The summed E-state index contributed by atoms with van der Waals surface area (Å²) in [7, 11) is -3.63. The predicted molar refractivity (Wildman–Crippen MR) is 78.0 cm³/mol. The number of hydrogen-bond donors (Lipinski definition) is 2. The average molecular weight is 294 g/mol. The number of benzene rings is 1. The molecule has 5 nitrogen and oxygen atoms in total. The quantitative estimate of drug-likeness (QED) is 0.877. The maximum Gasteiger partial charge on any atom is 0.241 e. The van der Waals surface area contributed by atoms with Crippen LogP contribution in [0, 0.1) is 6.92 Å². The van der Waals surface area contributed by atoms with Gasteiger partial charge in [-0.3, -0.25) is 4.98 Å². The monoisotopic (exact) mass is 294 g/mol. The molecule has 0 bridgehead atoms. The Morgan fingerprint density at radius 1 is 1.35 bits per heavy atom. The second kappa shape index (κ2) is 5.87. The molecule has 0 saturated heterocycles. The van der Waals surface area contributed by atoms with Gasteiger partial charge in [0.05, 0.1) is 10.4 Å². The summed E-state index contributed by atoms with van der Waals surface area (Å²) >= 11 is 0. The van der Waals surface area contributed by atoms with E-state index in [0.717, 1.165) is 5.56 Å². The maximum absolute atomic E-state index is 12.4. The number of hydrogen-bond acceptors (Lipinski definition) is 4. The van der Waals surface area contributed by atoms with Crippen molar-refractivity contribution < 1.29 is 13.5 Å². The molecule has 1 aromatic heterocycles. The first kappa shape index (κ1) is 14.9. The SMILES string of the molecule is Cc1ccc(S(=O)(=O)NC(C)CCO)c2cccnc12. The fourth-order valence-corrected chi connectivity index (χ4v) is 3.58. The van der Waals surface area contributed by atoms with Crippen molar-refractivity contribution in [2.24, 2.45) is 0 Å². The van der Waals surface area contributed by atoms with Crippen LogP contribution in [-0.2, 0) is 10.0 Å². The summed E-state index contributed by atoms with van der Waals surface area (Å²) in [5.41, 5.74) is 1.62. The second-order valence-corrected chi connectivity index (χ2v) is 6.50. The Labute approximate surface area is 118 Å². The number of aliphatic hydroxyl groups excluding tert-OH is 1. The first-order valence-electron chi connectivity index (χ1n) is 6.43. The Morgan fingerprint density at radius 2 is 2.10 bits per heavy atom. The van der Waals surface area contributed by atoms with Gasteiger partial charge < -0.3 is 5.11 Å². The molecule has 20 heavy (non-hydrogen) atoms. The molecule has 0 fully saturated rings. The number of nitrogens with one attached hydrogen (secondary N) is 1. The molecule has 0 aliphatic carbocycles. The third-order valence-corrected chi connectivity index (χ3v) is 4.79. The number of aromatic nitrogens is 1. The summed E-state index contributed by atoms with van der Waals surface area (Å²) in [5.74, 6) is 0. The minimum absolute atomic E-state index is 0.0557. The minimum atomic E-state index is -3.63. The van der Waals surface area contributed by atoms with Gasteiger partial charge in [0.1, 0.15) is 0 Å². The van der Waals surface area contributed by atoms with Crippen molar-refractivity contribution in [2.45, 2.75) is 31.2 Å². The number of aryl methyl sites for hydroxylation is 1. The summed E-state index contributed by atoms with van der Waals surface area (Å²) in [6.07, 6.45) is 2.02. The Hall–Kier alpha value is -1.50. The number of pyridine rings is 1. The summed E-state index contributed by atoms with van der Waals surface area (Å²) < 4.78 is 27.4. The highest BCUT2D eigenvalue weighted by atomic mass is 32.2. The van der Waals surface area contributed by atoms with Crippen molar-refractivity contribution in [3.63, 3.8) is 0 Å². The van der Waals surface area contributed by atoms with E-state index in [9.17, 15) is 8.42 Å². The Bertz CT molecular complexity index is 713. The molecule has 2 rings (SSSR count). The molecule has 0 spiro atoms. The predicted octanol–water partition coefficient (Wildman–Crippen LogP) is 1.59. The molecular weight excluding hydrogens is 276 g/mol.